The topological polar surface area (TPSA) is 56.7 Å². The Balaban J connectivity index is 1.63. The summed E-state index contributed by atoms with van der Waals surface area (Å²) >= 11 is 0. The van der Waals surface area contributed by atoms with Crippen molar-refractivity contribution in [1.29, 1.82) is 0 Å². The SMILES string of the molecule is Cc1cccc(CCN2C[C@H]3CN(C)C[C@@]3(C(=O)O)C2)n1. The number of carboxylic acid groups (broad SMARTS) is 1. The van der Waals surface area contributed by atoms with Crippen molar-refractivity contribution in [2.45, 2.75) is 13.3 Å². The number of likely N-dealkylation sites (tertiary alicyclic amines) is 2. The zero-order valence-electron chi connectivity index (χ0n) is 12.7. The molecule has 1 N–H and O–H groups in total. The standard InChI is InChI=1S/C16H23N3O2/c1-12-4-3-5-14(17-12)6-7-19-9-13-8-18(2)10-16(13,11-19)15(20)21/h3-5,13H,6-11H2,1-2H3,(H,20,21)/t13-,16-/m1/s1. The van der Waals surface area contributed by atoms with Crippen molar-refractivity contribution in [3.63, 3.8) is 0 Å². The van der Waals surface area contributed by atoms with Crippen molar-refractivity contribution < 1.29 is 9.90 Å². The quantitative estimate of drug-likeness (QED) is 0.892. The average molecular weight is 289 g/mol. The summed E-state index contributed by atoms with van der Waals surface area (Å²) in [5.41, 5.74) is 1.57. The van der Waals surface area contributed by atoms with E-state index in [1.165, 1.54) is 0 Å². The number of nitrogens with zero attached hydrogens (tertiary/aromatic N) is 3. The van der Waals surface area contributed by atoms with E-state index in [0.29, 0.717) is 13.1 Å². The molecule has 0 saturated carbocycles. The molecular weight excluding hydrogens is 266 g/mol. The number of carbonyl (C=O) groups is 1. The van der Waals surface area contributed by atoms with E-state index in [1.54, 1.807) is 0 Å². The molecule has 21 heavy (non-hydrogen) atoms. The van der Waals surface area contributed by atoms with Gasteiger partial charge in [-0.3, -0.25) is 9.78 Å². The normalized spacial score (nSPS) is 29.7. The second-order valence-electron chi connectivity index (χ2n) is 6.61. The third-order valence-electron chi connectivity index (χ3n) is 4.91. The second-order valence-corrected chi connectivity index (χ2v) is 6.61. The molecule has 1 aromatic heterocycles. The lowest BCUT2D eigenvalue weighted by molar-refractivity contribution is -0.148. The van der Waals surface area contributed by atoms with E-state index in [2.05, 4.69) is 14.8 Å². The van der Waals surface area contributed by atoms with Crippen LogP contribution < -0.4 is 0 Å². The maximum atomic E-state index is 11.7. The number of carboxylic acids is 1. The van der Waals surface area contributed by atoms with Gasteiger partial charge in [-0.25, -0.2) is 0 Å². The first-order valence-corrected chi connectivity index (χ1v) is 7.56. The Bertz CT molecular complexity index is 548. The molecule has 2 saturated heterocycles. The van der Waals surface area contributed by atoms with Gasteiger partial charge >= 0.3 is 5.97 Å². The minimum atomic E-state index is -0.631. The number of aryl methyl sites for hydroxylation is 1. The van der Waals surface area contributed by atoms with Crippen LogP contribution >= 0.6 is 0 Å². The van der Waals surface area contributed by atoms with Gasteiger partial charge in [-0.2, -0.15) is 0 Å². The highest BCUT2D eigenvalue weighted by Crippen LogP contribution is 2.42. The lowest BCUT2D eigenvalue weighted by atomic mass is 9.81. The molecule has 3 heterocycles. The van der Waals surface area contributed by atoms with E-state index < -0.39 is 11.4 Å². The Labute approximate surface area is 125 Å². The van der Waals surface area contributed by atoms with Crippen LogP contribution in [0.4, 0.5) is 0 Å². The van der Waals surface area contributed by atoms with E-state index in [-0.39, 0.29) is 5.92 Å². The van der Waals surface area contributed by atoms with E-state index in [1.807, 2.05) is 32.2 Å². The predicted octanol–water partition coefficient (Wildman–Crippen LogP) is 0.881. The number of aromatic nitrogens is 1. The maximum absolute atomic E-state index is 11.7. The van der Waals surface area contributed by atoms with Crippen molar-refractivity contribution in [3.8, 4) is 0 Å². The highest BCUT2D eigenvalue weighted by atomic mass is 16.4. The Morgan fingerprint density at radius 3 is 2.90 bits per heavy atom. The molecule has 0 unspecified atom stereocenters. The van der Waals surface area contributed by atoms with Gasteiger partial charge in [0.25, 0.3) is 0 Å². The summed E-state index contributed by atoms with van der Waals surface area (Å²) in [4.78, 5) is 20.7. The van der Waals surface area contributed by atoms with Gasteiger partial charge in [0.05, 0.1) is 5.41 Å². The lowest BCUT2D eigenvalue weighted by Gasteiger charge is -2.24. The first-order chi connectivity index (χ1) is 9.99. The fraction of sp³-hybridized carbons (Fsp3) is 0.625. The molecule has 2 atom stereocenters. The molecule has 0 aliphatic carbocycles. The number of aliphatic carboxylic acids is 1. The molecule has 5 heteroatoms. The minimum Gasteiger partial charge on any atom is -0.481 e. The number of fused-ring (bicyclic) bond motifs is 1. The van der Waals surface area contributed by atoms with Crippen LogP contribution in [-0.2, 0) is 11.2 Å². The van der Waals surface area contributed by atoms with Crippen LogP contribution in [-0.4, -0.2) is 65.6 Å². The van der Waals surface area contributed by atoms with Gasteiger partial charge in [-0.15, -0.1) is 0 Å². The first-order valence-electron chi connectivity index (χ1n) is 7.56. The molecule has 2 aliphatic heterocycles. The molecule has 3 rings (SSSR count). The van der Waals surface area contributed by atoms with Crippen molar-refractivity contribution in [2.75, 3.05) is 39.8 Å². The minimum absolute atomic E-state index is 0.255. The van der Waals surface area contributed by atoms with Crippen LogP contribution in [0.25, 0.3) is 0 Å². The fourth-order valence-corrected chi connectivity index (χ4v) is 3.90. The zero-order valence-corrected chi connectivity index (χ0v) is 12.7. The van der Waals surface area contributed by atoms with E-state index in [0.717, 1.165) is 37.4 Å². The molecule has 0 bridgehead atoms. The van der Waals surface area contributed by atoms with E-state index in [4.69, 9.17) is 0 Å². The largest absolute Gasteiger partial charge is 0.481 e. The van der Waals surface area contributed by atoms with Crippen LogP contribution in [0.2, 0.25) is 0 Å². The molecule has 0 spiro atoms. The monoisotopic (exact) mass is 289 g/mol. The van der Waals surface area contributed by atoms with Crippen LogP contribution in [0.1, 0.15) is 11.4 Å². The number of hydrogen-bond acceptors (Lipinski definition) is 4. The number of hydrogen-bond donors (Lipinski definition) is 1. The zero-order chi connectivity index (χ0) is 15.0. The van der Waals surface area contributed by atoms with Gasteiger partial charge in [-0.1, -0.05) is 6.07 Å². The molecule has 2 aliphatic rings. The number of rotatable bonds is 4. The summed E-state index contributed by atoms with van der Waals surface area (Å²) < 4.78 is 0. The Hall–Kier alpha value is -1.46. The van der Waals surface area contributed by atoms with Gasteiger partial charge in [0.15, 0.2) is 0 Å². The summed E-state index contributed by atoms with van der Waals surface area (Å²) in [6, 6.07) is 6.08. The van der Waals surface area contributed by atoms with E-state index in [9.17, 15) is 9.90 Å². The van der Waals surface area contributed by atoms with Crippen molar-refractivity contribution in [1.82, 2.24) is 14.8 Å². The van der Waals surface area contributed by atoms with Gasteiger partial charge in [0, 0.05) is 56.5 Å². The Morgan fingerprint density at radius 1 is 1.43 bits per heavy atom. The Morgan fingerprint density at radius 2 is 2.24 bits per heavy atom. The molecule has 0 aromatic carbocycles. The fourth-order valence-electron chi connectivity index (χ4n) is 3.90. The summed E-state index contributed by atoms with van der Waals surface area (Å²) in [5, 5.41) is 9.67. The third kappa shape index (κ3) is 2.68. The van der Waals surface area contributed by atoms with Gasteiger partial charge in [-0.05, 0) is 26.1 Å². The summed E-state index contributed by atoms with van der Waals surface area (Å²) in [7, 11) is 2.02. The summed E-state index contributed by atoms with van der Waals surface area (Å²) in [6.07, 6.45) is 0.889. The van der Waals surface area contributed by atoms with Gasteiger partial charge in [0.1, 0.15) is 0 Å². The highest BCUT2D eigenvalue weighted by Gasteiger charge is 2.56. The molecule has 2 fully saturated rings. The van der Waals surface area contributed by atoms with Gasteiger partial charge in [0.2, 0.25) is 0 Å². The summed E-state index contributed by atoms with van der Waals surface area (Å²) in [5.74, 6) is -0.376. The third-order valence-corrected chi connectivity index (χ3v) is 4.91. The molecule has 0 radical (unpaired) electrons. The predicted molar refractivity (Wildman–Crippen MR) is 80.2 cm³/mol. The molecule has 0 amide bonds. The maximum Gasteiger partial charge on any atom is 0.312 e. The smallest absolute Gasteiger partial charge is 0.312 e. The van der Waals surface area contributed by atoms with Crippen LogP contribution in [0.5, 0.6) is 0 Å². The van der Waals surface area contributed by atoms with Crippen molar-refractivity contribution in [3.05, 3.63) is 29.6 Å². The average Bonchev–Trinajstić information content (AvgIpc) is 2.90. The number of pyridine rings is 1. The molecule has 114 valence electrons. The van der Waals surface area contributed by atoms with Crippen molar-refractivity contribution >= 4 is 5.97 Å². The van der Waals surface area contributed by atoms with Crippen LogP contribution in [0, 0.1) is 18.3 Å². The lowest BCUT2D eigenvalue weighted by Crippen LogP contribution is -2.40. The molecule has 5 nitrogen and oxygen atoms in total. The van der Waals surface area contributed by atoms with Crippen LogP contribution in [0.3, 0.4) is 0 Å². The molecular formula is C16H23N3O2. The van der Waals surface area contributed by atoms with Crippen LogP contribution in [0.15, 0.2) is 18.2 Å². The summed E-state index contributed by atoms with van der Waals surface area (Å²) in [6.45, 7) is 6.02. The van der Waals surface area contributed by atoms with E-state index >= 15 is 0 Å². The second kappa shape index (κ2) is 5.39. The first kappa shape index (κ1) is 14.5. The van der Waals surface area contributed by atoms with Crippen molar-refractivity contribution in [2.24, 2.45) is 11.3 Å². The van der Waals surface area contributed by atoms with Gasteiger partial charge < -0.3 is 14.9 Å². The highest BCUT2D eigenvalue weighted by molar-refractivity contribution is 5.77. The molecule has 1 aromatic rings. The Kier molecular flexibility index (Phi) is 3.71.